The molecule has 0 saturated heterocycles. The lowest BCUT2D eigenvalue weighted by atomic mass is 9.97. The van der Waals surface area contributed by atoms with E-state index in [1.807, 2.05) is 54.6 Å². The maximum absolute atomic E-state index is 10.3. The van der Waals surface area contributed by atoms with Crippen molar-refractivity contribution in [2.24, 2.45) is 0 Å². The van der Waals surface area contributed by atoms with E-state index in [1.54, 1.807) is 19.2 Å². The van der Waals surface area contributed by atoms with Crippen molar-refractivity contribution in [3.63, 3.8) is 0 Å². The predicted molar refractivity (Wildman–Crippen MR) is 121 cm³/mol. The number of para-hydroxylation sites is 1. The van der Waals surface area contributed by atoms with Crippen LogP contribution in [0.5, 0.6) is 11.5 Å². The largest absolute Gasteiger partial charge is 0.507 e. The number of hydrogen-bond donors (Lipinski definition) is 1. The van der Waals surface area contributed by atoms with Crippen LogP contribution in [0.2, 0.25) is 10.0 Å². The molecule has 0 heterocycles. The molecule has 4 aromatic carbocycles. The average Bonchev–Trinajstić information content (AvgIpc) is 2.69. The molecule has 0 spiro atoms. The molecule has 0 aliphatic heterocycles. The Bertz CT molecular complexity index is 1190. The molecule has 4 rings (SSSR count). The molecule has 0 atom stereocenters. The maximum Gasteiger partial charge on any atom is 0.123 e. The first-order valence-corrected chi connectivity index (χ1v) is 10.1. The lowest BCUT2D eigenvalue weighted by Gasteiger charge is -2.15. The average molecular weight is 474 g/mol. The van der Waals surface area contributed by atoms with Gasteiger partial charge in [0, 0.05) is 21.0 Å². The molecule has 0 unspecified atom stereocenters. The zero-order chi connectivity index (χ0) is 19.8. The highest BCUT2D eigenvalue weighted by atomic mass is 79.9. The summed E-state index contributed by atoms with van der Waals surface area (Å²) < 4.78 is 6.01. The Kier molecular flexibility index (Phi) is 5.24. The summed E-state index contributed by atoms with van der Waals surface area (Å²) in [6, 6.07) is 20.8. The van der Waals surface area contributed by atoms with Crippen LogP contribution in [0.1, 0.15) is 0 Å². The molecular weight excluding hydrogens is 459 g/mol. The maximum atomic E-state index is 10.3. The van der Waals surface area contributed by atoms with E-state index < -0.39 is 0 Å². The van der Waals surface area contributed by atoms with Gasteiger partial charge in [-0.25, -0.2) is 0 Å². The van der Waals surface area contributed by atoms with E-state index in [0.717, 1.165) is 32.1 Å². The van der Waals surface area contributed by atoms with E-state index in [0.29, 0.717) is 21.2 Å². The first-order chi connectivity index (χ1) is 13.5. The van der Waals surface area contributed by atoms with E-state index in [1.165, 1.54) is 0 Å². The minimum Gasteiger partial charge on any atom is -0.507 e. The van der Waals surface area contributed by atoms with Crippen LogP contribution in [0, 0.1) is 0 Å². The van der Waals surface area contributed by atoms with Gasteiger partial charge in [-0.3, -0.25) is 0 Å². The van der Waals surface area contributed by atoms with Gasteiger partial charge < -0.3 is 9.84 Å². The van der Waals surface area contributed by atoms with Crippen LogP contribution < -0.4 is 4.74 Å². The molecule has 0 aromatic heterocycles. The number of rotatable bonds is 3. The highest BCUT2D eigenvalue weighted by Gasteiger charge is 2.18. The molecule has 140 valence electrons. The highest BCUT2D eigenvalue weighted by Crippen LogP contribution is 2.46. The van der Waals surface area contributed by atoms with Crippen molar-refractivity contribution < 1.29 is 9.84 Å². The molecule has 28 heavy (non-hydrogen) atoms. The molecule has 5 heteroatoms. The summed E-state index contributed by atoms with van der Waals surface area (Å²) in [5.74, 6) is 0.962. The van der Waals surface area contributed by atoms with Crippen LogP contribution in [0.4, 0.5) is 0 Å². The second-order valence-electron chi connectivity index (χ2n) is 6.35. The quantitative estimate of drug-likeness (QED) is 0.327. The summed E-state index contributed by atoms with van der Waals surface area (Å²) >= 11 is 17.0. The van der Waals surface area contributed by atoms with Gasteiger partial charge in [-0.15, -0.1) is 0 Å². The zero-order valence-electron chi connectivity index (χ0n) is 14.8. The normalized spacial score (nSPS) is 11.0. The molecule has 0 fully saturated rings. The van der Waals surface area contributed by atoms with E-state index in [4.69, 9.17) is 27.9 Å². The third-order valence-corrected chi connectivity index (χ3v) is 5.98. The number of phenolic OH excluding ortho intramolecular Hbond substituents is 1. The Morgan fingerprint density at radius 3 is 2.29 bits per heavy atom. The van der Waals surface area contributed by atoms with Gasteiger partial charge in [0.15, 0.2) is 0 Å². The standard InChI is InChI=1S/C23H15BrCl2O2/c1-28-16-8-6-13(7-9-16)14-10-15-11-18(24)22(17-4-2-3-5-20(17)27)23(26)21(15)19(25)12-14/h2-12,27H,1H3. The molecule has 0 aliphatic carbocycles. The van der Waals surface area contributed by atoms with Gasteiger partial charge >= 0.3 is 0 Å². The summed E-state index contributed by atoms with van der Waals surface area (Å²) in [5, 5.41) is 13.0. The monoisotopic (exact) mass is 472 g/mol. The Morgan fingerprint density at radius 1 is 0.893 bits per heavy atom. The predicted octanol–water partition coefficient (Wildman–Crippen LogP) is 7.96. The first-order valence-electron chi connectivity index (χ1n) is 8.53. The summed E-state index contributed by atoms with van der Waals surface area (Å²) in [4.78, 5) is 0. The number of fused-ring (bicyclic) bond motifs is 1. The second kappa shape index (κ2) is 7.67. The summed E-state index contributed by atoms with van der Waals surface area (Å²) in [7, 11) is 1.64. The molecule has 0 saturated carbocycles. The number of halogens is 3. The van der Waals surface area contributed by atoms with Crippen LogP contribution in [0.3, 0.4) is 0 Å². The van der Waals surface area contributed by atoms with Crippen LogP contribution in [0.15, 0.2) is 71.2 Å². The van der Waals surface area contributed by atoms with Crippen LogP contribution >= 0.6 is 39.1 Å². The van der Waals surface area contributed by atoms with E-state index >= 15 is 0 Å². The van der Waals surface area contributed by atoms with E-state index in [2.05, 4.69) is 15.9 Å². The van der Waals surface area contributed by atoms with Crippen LogP contribution in [-0.2, 0) is 0 Å². The van der Waals surface area contributed by atoms with Gasteiger partial charge in [-0.05, 0) is 52.9 Å². The summed E-state index contributed by atoms with van der Waals surface area (Å²) in [6.07, 6.45) is 0. The van der Waals surface area contributed by atoms with E-state index in [9.17, 15) is 5.11 Å². The highest BCUT2D eigenvalue weighted by molar-refractivity contribution is 9.10. The third kappa shape index (κ3) is 3.35. The van der Waals surface area contributed by atoms with Gasteiger partial charge in [0.05, 0.1) is 17.2 Å². The van der Waals surface area contributed by atoms with Gasteiger partial charge in [-0.2, -0.15) is 0 Å². The van der Waals surface area contributed by atoms with Gasteiger partial charge in [0.2, 0.25) is 0 Å². The topological polar surface area (TPSA) is 29.5 Å². The number of aromatic hydroxyl groups is 1. The van der Waals surface area contributed by atoms with Gasteiger partial charge in [0.1, 0.15) is 11.5 Å². The fraction of sp³-hybridized carbons (Fsp3) is 0.0435. The van der Waals surface area contributed by atoms with Crippen molar-refractivity contribution >= 4 is 49.9 Å². The second-order valence-corrected chi connectivity index (χ2v) is 7.99. The van der Waals surface area contributed by atoms with Crippen molar-refractivity contribution in [1.29, 1.82) is 0 Å². The Hall–Kier alpha value is -2.20. The molecule has 0 amide bonds. The fourth-order valence-corrected chi connectivity index (χ4v) is 4.85. The lowest BCUT2D eigenvalue weighted by molar-refractivity contribution is 0.415. The van der Waals surface area contributed by atoms with E-state index in [-0.39, 0.29) is 5.75 Å². The van der Waals surface area contributed by atoms with Gasteiger partial charge in [-0.1, -0.05) is 69.5 Å². The smallest absolute Gasteiger partial charge is 0.123 e. The number of benzene rings is 4. The molecule has 0 bridgehead atoms. The first kappa shape index (κ1) is 19.1. The van der Waals surface area contributed by atoms with Gasteiger partial charge in [0.25, 0.3) is 0 Å². The third-order valence-electron chi connectivity index (χ3n) is 4.68. The van der Waals surface area contributed by atoms with Crippen molar-refractivity contribution in [1.82, 2.24) is 0 Å². The van der Waals surface area contributed by atoms with Crippen molar-refractivity contribution in [2.75, 3.05) is 7.11 Å². The molecule has 4 aromatic rings. The van der Waals surface area contributed by atoms with Crippen molar-refractivity contribution in [3.05, 3.63) is 81.2 Å². The SMILES string of the molecule is COc1ccc(-c2cc(Cl)c3c(Cl)c(-c4ccccc4O)c(Br)cc3c2)cc1. The number of hydrogen-bond acceptors (Lipinski definition) is 2. The summed E-state index contributed by atoms with van der Waals surface area (Å²) in [6.45, 7) is 0. The molecule has 1 N–H and O–H groups in total. The number of methoxy groups -OCH3 is 1. The summed E-state index contributed by atoms with van der Waals surface area (Å²) in [5.41, 5.74) is 3.38. The lowest BCUT2D eigenvalue weighted by Crippen LogP contribution is -1.88. The molecule has 2 nitrogen and oxygen atoms in total. The van der Waals surface area contributed by atoms with Crippen molar-refractivity contribution in [2.45, 2.75) is 0 Å². The van der Waals surface area contributed by atoms with Crippen molar-refractivity contribution in [3.8, 4) is 33.8 Å². The minimum absolute atomic E-state index is 0.162. The minimum atomic E-state index is 0.162. The van der Waals surface area contributed by atoms with Crippen LogP contribution in [-0.4, -0.2) is 12.2 Å². The Morgan fingerprint density at radius 2 is 1.61 bits per heavy atom. The molecular formula is C23H15BrCl2O2. The van der Waals surface area contributed by atoms with Crippen LogP contribution in [0.25, 0.3) is 33.0 Å². The Balaban J connectivity index is 1.93. The fourth-order valence-electron chi connectivity index (χ4n) is 3.29. The number of ether oxygens (including phenoxy) is 1. The number of phenols is 1. The molecule has 0 aliphatic rings. The molecule has 0 radical (unpaired) electrons. The zero-order valence-corrected chi connectivity index (χ0v) is 17.9. The Labute approximate surface area is 181 Å².